The predicted molar refractivity (Wildman–Crippen MR) is 200 cm³/mol. The zero-order valence-corrected chi connectivity index (χ0v) is 26.7. The molecule has 2 aromatic heterocycles. The fraction of sp³-hybridized carbons (Fsp3) is 0. The average Bonchev–Trinajstić information content (AvgIpc) is 3.70. The maximum atomic E-state index is 10.3. The van der Waals surface area contributed by atoms with E-state index >= 15 is 0 Å². The van der Waals surface area contributed by atoms with E-state index in [0.717, 1.165) is 77.2 Å². The summed E-state index contributed by atoms with van der Waals surface area (Å²) in [4.78, 5) is 0. The molecule has 0 aliphatic heterocycles. The number of para-hydroxylation sites is 4. The van der Waals surface area contributed by atoms with Crippen LogP contribution in [-0.4, -0.2) is 9.13 Å². The Balaban J connectivity index is 1.24. The molecule has 0 N–H and O–H groups in total. The van der Waals surface area contributed by atoms with E-state index in [0.29, 0.717) is 16.7 Å². The first-order chi connectivity index (χ1) is 24.7. The molecule has 0 spiro atoms. The summed E-state index contributed by atoms with van der Waals surface area (Å²) < 4.78 is 4.41. The second-order valence-electron chi connectivity index (χ2n) is 12.3. The molecule has 0 saturated carbocycles. The first-order valence-corrected chi connectivity index (χ1v) is 16.3. The third kappa shape index (κ3) is 4.38. The van der Waals surface area contributed by atoms with Gasteiger partial charge in [0.15, 0.2) is 0 Å². The SMILES string of the molecule is N#Cc1cc(-c2cccc(-n3c4ccccc4c4cc(C#N)ccc43)c2)cc(-c2ccccc2-n2c3ccccc3c3cccc(C#N)c32)c1. The van der Waals surface area contributed by atoms with Crippen molar-refractivity contribution in [1.82, 2.24) is 9.13 Å². The largest absolute Gasteiger partial charge is 0.309 e. The van der Waals surface area contributed by atoms with Gasteiger partial charge in [-0.1, -0.05) is 78.9 Å². The Morgan fingerprint density at radius 1 is 0.400 bits per heavy atom. The van der Waals surface area contributed by atoms with E-state index in [9.17, 15) is 15.8 Å². The molecule has 0 atom stereocenters. The fourth-order valence-corrected chi connectivity index (χ4v) is 7.43. The van der Waals surface area contributed by atoms with E-state index < -0.39 is 0 Å². The zero-order valence-electron chi connectivity index (χ0n) is 26.7. The van der Waals surface area contributed by atoms with E-state index in [1.807, 2.05) is 84.9 Å². The predicted octanol–water partition coefficient (Wildman–Crippen LogP) is 10.8. The van der Waals surface area contributed by atoms with Gasteiger partial charge in [-0.05, 0) is 89.5 Å². The molecule has 5 nitrogen and oxygen atoms in total. The van der Waals surface area contributed by atoms with Crippen molar-refractivity contribution in [3.63, 3.8) is 0 Å². The fourth-order valence-electron chi connectivity index (χ4n) is 7.43. The molecule has 0 unspecified atom stereocenters. The molecule has 0 radical (unpaired) electrons. The van der Waals surface area contributed by atoms with Crippen LogP contribution in [0, 0.1) is 34.0 Å². The summed E-state index contributed by atoms with van der Waals surface area (Å²) in [7, 11) is 0. The first-order valence-electron chi connectivity index (χ1n) is 16.3. The Bertz CT molecular complexity index is 2970. The average molecular weight is 636 g/mol. The maximum Gasteiger partial charge on any atom is 0.101 e. The van der Waals surface area contributed by atoms with Gasteiger partial charge >= 0.3 is 0 Å². The van der Waals surface area contributed by atoms with Gasteiger partial charge in [-0.3, -0.25) is 0 Å². The van der Waals surface area contributed by atoms with Crippen LogP contribution in [0.3, 0.4) is 0 Å². The van der Waals surface area contributed by atoms with E-state index in [-0.39, 0.29) is 0 Å². The van der Waals surface area contributed by atoms with E-state index in [1.54, 1.807) is 0 Å². The topological polar surface area (TPSA) is 81.2 Å². The van der Waals surface area contributed by atoms with Gasteiger partial charge in [-0.15, -0.1) is 0 Å². The van der Waals surface area contributed by atoms with Gasteiger partial charge < -0.3 is 9.13 Å². The highest BCUT2D eigenvalue weighted by Gasteiger charge is 2.19. The zero-order chi connectivity index (χ0) is 33.8. The van der Waals surface area contributed by atoms with Crippen LogP contribution in [0.15, 0.2) is 152 Å². The highest BCUT2D eigenvalue weighted by Crippen LogP contribution is 2.39. The Labute approximate surface area is 287 Å². The highest BCUT2D eigenvalue weighted by molar-refractivity contribution is 6.12. The van der Waals surface area contributed by atoms with Crippen LogP contribution in [0.4, 0.5) is 0 Å². The van der Waals surface area contributed by atoms with Crippen molar-refractivity contribution in [3.8, 4) is 51.8 Å². The molecule has 0 fully saturated rings. The number of nitrogens with zero attached hydrogens (tertiary/aromatic N) is 5. The van der Waals surface area contributed by atoms with Gasteiger partial charge in [0.1, 0.15) is 6.07 Å². The molecule has 5 heteroatoms. The molecular weight excluding hydrogens is 611 g/mol. The summed E-state index contributed by atoms with van der Waals surface area (Å²) in [6.45, 7) is 0. The van der Waals surface area contributed by atoms with E-state index in [1.165, 1.54) is 0 Å². The minimum atomic E-state index is 0.554. The lowest BCUT2D eigenvalue weighted by Gasteiger charge is -2.16. The van der Waals surface area contributed by atoms with Crippen LogP contribution in [0.5, 0.6) is 0 Å². The van der Waals surface area contributed by atoms with Crippen LogP contribution >= 0.6 is 0 Å². The minimum Gasteiger partial charge on any atom is -0.309 e. The Kier molecular flexibility index (Phi) is 6.56. The summed E-state index contributed by atoms with van der Waals surface area (Å²) in [6, 6.07) is 57.8. The van der Waals surface area contributed by atoms with Crippen molar-refractivity contribution in [2.24, 2.45) is 0 Å². The van der Waals surface area contributed by atoms with Gasteiger partial charge in [-0.2, -0.15) is 15.8 Å². The molecule has 7 aromatic carbocycles. The summed E-state index contributed by atoms with van der Waals surface area (Å²) in [5, 5.41) is 34.2. The van der Waals surface area contributed by atoms with Crippen molar-refractivity contribution < 1.29 is 0 Å². The lowest BCUT2D eigenvalue weighted by atomic mass is 9.95. The number of nitriles is 3. The molecule has 50 heavy (non-hydrogen) atoms. The molecule has 0 amide bonds. The number of hydrogen-bond donors (Lipinski definition) is 0. The number of fused-ring (bicyclic) bond motifs is 6. The van der Waals surface area contributed by atoms with E-state index in [2.05, 4.69) is 94.1 Å². The van der Waals surface area contributed by atoms with Crippen molar-refractivity contribution in [1.29, 1.82) is 15.8 Å². The Morgan fingerprint density at radius 2 is 1.06 bits per heavy atom. The summed E-state index contributed by atoms with van der Waals surface area (Å²) in [5.41, 5.74) is 11.4. The number of benzene rings is 7. The van der Waals surface area contributed by atoms with Crippen LogP contribution in [0.1, 0.15) is 16.7 Å². The number of rotatable bonds is 4. The number of hydrogen-bond acceptors (Lipinski definition) is 3. The van der Waals surface area contributed by atoms with Gasteiger partial charge in [0, 0.05) is 32.8 Å². The lowest BCUT2D eigenvalue weighted by molar-refractivity contribution is 1.18. The van der Waals surface area contributed by atoms with Gasteiger partial charge in [0.25, 0.3) is 0 Å². The molecule has 9 rings (SSSR count). The lowest BCUT2D eigenvalue weighted by Crippen LogP contribution is -1.99. The number of aromatic nitrogens is 2. The van der Waals surface area contributed by atoms with Gasteiger partial charge in [0.05, 0.1) is 56.6 Å². The molecule has 230 valence electrons. The van der Waals surface area contributed by atoms with E-state index in [4.69, 9.17) is 0 Å². The summed E-state index contributed by atoms with van der Waals surface area (Å²) in [5.74, 6) is 0. The van der Waals surface area contributed by atoms with Crippen LogP contribution < -0.4 is 0 Å². The normalized spacial score (nSPS) is 11.1. The second kappa shape index (κ2) is 11.4. The highest BCUT2D eigenvalue weighted by atomic mass is 15.0. The van der Waals surface area contributed by atoms with Crippen molar-refractivity contribution >= 4 is 43.6 Å². The molecule has 0 bridgehead atoms. The molecule has 0 aliphatic rings. The minimum absolute atomic E-state index is 0.554. The van der Waals surface area contributed by atoms with Gasteiger partial charge in [0.2, 0.25) is 0 Å². The second-order valence-corrected chi connectivity index (χ2v) is 12.3. The monoisotopic (exact) mass is 635 g/mol. The molecule has 0 aliphatic carbocycles. The molecule has 0 saturated heterocycles. The van der Waals surface area contributed by atoms with Crippen LogP contribution in [0.25, 0.3) is 77.2 Å². The Hall–Kier alpha value is -7.39. The maximum absolute atomic E-state index is 10.3. The third-order valence-electron chi connectivity index (χ3n) is 9.57. The van der Waals surface area contributed by atoms with Crippen molar-refractivity contribution in [2.45, 2.75) is 0 Å². The first kappa shape index (κ1) is 28.8. The summed E-state index contributed by atoms with van der Waals surface area (Å²) in [6.07, 6.45) is 0. The Morgan fingerprint density at radius 3 is 1.86 bits per heavy atom. The standard InChI is InChI=1S/C45H25N5/c46-26-29-19-20-44-40(23-29)38-14-3-5-17-42(38)49(44)35-11-7-9-31(25-35)33-21-30(27-47)22-34(24-33)36-12-1-4-16-41(36)50-43-18-6-2-13-37(43)39-15-8-10-32(28-48)45(39)50/h1-25H. The smallest absolute Gasteiger partial charge is 0.101 e. The van der Waals surface area contributed by atoms with Gasteiger partial charge in [-0.25, -0.2) is 0 Å². The van der Waals surface area contributed by atoms with Crippen molar-refractivity contribution in [3.05, 3.63) is 168 Å². The van der Waals surface area contributed by atoms with Crippen molar-refractivity contribution in [2.75, 3.05) is 0 Å². The van der Waals surface area contributed by atoms with Crippen LogP contribution in [-0.2, 0) is 0 Å². The molecule has 9 aromatic rings. The molecule has 2 heterocycles. The quantitative estimate of drug-likeness (QED) is 0.193. The summed E-state index contributed by atoms with van der Waals surface area (Å²) >= 11 is 0. The third-order valence-corrected chi connectivity index (χ3v) is 9.57. The van der Waals surface area contributed by atoms with Crippen LogP contribution in [0.2, 0.25) is 0 Å². The molecular formula is C45H25N5.